The Bertz CT molecular complexity index is 286. The van der Waals surface area contributed by atoms with E-state index in [4.69, 9.17) is 15.5 Å². The summed E-state index contributed by atoms with van der Waals surface area (Å²) in [7, 11) is -10.3. The second-order valence-corrected chi connectivity index (χ2v) is 7.66. The topological polar surface area (TPSA) is 147 Å². The fourth-order valence-electron chi connectivity index (χ4n) is 0.966. The molecule has 0 aliphatic heterocycles. The largest absolute Gasteiger partial charge is 1.00 e. The first-order chi connectivity index (χ1) is 6.46. The molecule has 0 spiro atoms. The summed E-state index contributed by atoms with van der Waals surface area (Å²) in [5, 5.41) is -2.22. The zero-order valence-corrected chi connectivity index (χ0v) is 22.2. The Labute approximate surface area is 202 Å². The molecule has 0 fully saturated rings. The van der Waals surface area contributed by atoms with Crippen molar-refractivity contribution in [2.45, 2.75) is 31.7 Å². The summed E-state index contributed by atoms with van der Waals surface area (Å²) in [4.78, 5) is 38.8. The molecule has 0 amide bonds. The fourth-order valence-corrected chi connectivity index (χ4v) is 3.46. The molecule has 94 valence electrons. The van der Waals surface area contributed by atoms with Gasteiger partial charge in [0.05, 0.1) is 5.40 Å². The normalized spacial score (nSPS) is 19.2. The summed E-state index contributed by atoms with van der Waals surface area (Å²) >= 11 is 0. The minimum absolute atomic E-state index is 0. The molecule has 0 aromatic heterocycles. The summed E-state index contributed by atoms with van der Waals surface area (Å²) < 4.78 is 21.5. The van der Waals surface area contributed by atoms with Crippen LogP contribution in [0.3, 0.4) is 0 Å². The van der Waals surface area contributed by atoms with Crippen LogP contribution in [0.15, 0.2) is 0 Å². The quantitative estimate of drug-likeness (QED) is 0.329. The third kappa shape index (κ3) is 15.5. The van der Waals surface area contributed by atoms with Gasteiger partial charge in [-0.3, -0.25) is 0 Å². The van der Waals surface area contributed by atoms with Crippen molar-refractivity contribution in [1.82, 2.24) is 0 Å². The van der Waals surface area contributed by atoms with Gasteiger partial charge in [0, 0.05) is 65.2 Å². The van der Waals surface area contributed by atoms with E-state index in [0.717, 1.165) is 0 Å². The van der Waals surface area contributed by atoms with Crippen LogP contribution in [0.5, 0.6) is 0 Å². The predicted octanol–water partition coefficient (Wildman–Crippen LogP) is -7.98. The third-order valence-electron chi connectivity index (χ3n) is 2.09. The Morgan fingerprint density at radius 2 is 1.32 bits per heavy atom. The molecule has 0 aromatic carbocycles. The summed E-state index contributed by atoms with van der Waals surface area (Å²) in [5.41, 5.74) is 5.47. The van der Waals surface area contributed by atoms with Gasteiger partial charge in [-0.15, -0.1) is 0 Å². The van der Waals surface area contributed by atoms with Gasteiger partial charge in [-0.2, -0.15) is 0 Å². The van der Waals surface area contributed by atoms with Crippen LogP contribution >= 0.6 is 15.2 Å². The van der Waals surface area contributed by atoms with Gasteiger partial charge in [-0.05, 0) is 12.3 Å². The molecule has 0 heterocycles. The molecule has 0 bridgehead atoms. The number of hydrogen-bond acceptors (Lipinski definition) is 5. The third-order valence-corrected chi connectivity index (χ3v) is 5.77. The van der Waals surface area contributed by atoms with Gasteiger partial charge in [-0.1, -0.05) is 13.8 Å². The van der Waals surface area contributed by atoms with E-state index in [1.807, 2.05) is 0 Å². The molecule has 7 nitrogen and oxygen atoms in total. The first kappa shape index (κ1) is 34.6. The van der Waals surface area contributed by atoms with Gasteiger partial charge in [0.15, 0.2) is 0 Å². The van der Waals surface area contributed by atoms with Crippen molar-refractivity contribution in [3.05, 3.63) is 0 Å². The second kappa shape index (κ2) is 14.6. The zero-order valence-electron chi connectivity index (χ0n) is 12.4. The van der Waals surface area contributed by atoms with E-state index in [1.54, 1.807) is 13.8 Å². The van der Waals surface area contributed by atoms with Crippen molar-refractivity contribution in [2.24, 2.45) is 11.7 Å². The van der Waals surface area contributed by atoms with Crippen LogP contribution in [0.25, 0.3) is 0 Å². The molecule has 0 aliphatic carbocycles. The molecule has 4 N–H and O–H groups in total. The van der Waals surface area contributed by atoms with Crippen LogP contribution in [0.1, 0.15) is 20.3 Å². The van der Waals surface area contributed by atoms with Crippen LogP contribution in [0.4, 0.5) is 0 Å². The monoisotopic (exact) mass is 351 g/mol. The molecule has 19 heavy (non-hydrogen) atoms. The molecule has 2 radical (unpaired) electrons. The number of nitrogens with two attached hydrogens (primary N) is 1. The van der Waals surface area contributed by atoms with E-state index in [2.05, 4.69) is 0 Å². The van der Waals surface area contributed by atoms with Crippen LogP contribution in [-0.2, 0) is 9.13 Å². The van der Waals surface area contributed by atoms with E-state index in [1.165, 1.54) is 0 Å². The SMILES string of the molecule is CC(C)C(N)CC(P(=O)([O-])O)P(=O)([O-])O.[Na+].[Na+].[Na].[Na]. The Hall–Kier alpha value is 4.26. The molecule has 0 aliphatic rings. The van der Waals surface area contributed by atoms with Gasteiger partial charge in [0.1, 0.15) is 15.2 Å². The van der Waals surface area contributed by atoms with Crippen molar-refractivity contribution in [1.29, 1.82) is 0 Å². The van der Waals surface area contributed by atoms with Gasteiger partial charge >= 0.3 is 59.1 Å². The van der Waals surface area contributed by atoms with Crippen LogP contribution in [0, 0.1) is 5.92 Å². The van der Waals surface area contributed by atoms with E-state index < -0.39 is 33.1 Å². The van der Waals surface area contributed by atoms with Crippen molar-refractivity contribution in [3.8, 4) is 0 Å². The summed E-state index contributed by atoms with van der Waals surface area (Å²) in [6.07, 6.45) is -0.522. The van der Waals surface area contributed by atoms with Gasteiger partial charge in [-0.25, -0.2) is 0 Å². The van der Waals surface area contributed by atoms with Gasteiger partial charge in [0.2, 0.25) is 0 Å². The number of hydrogen-bond donors (Lipinski definition) is 3. The van der Waals surface area contributed by atoms with Crippen molar-refractivity contribution in [3.63, 3.8) is 0 Å². The zero-order chi connectivity index (χ0) is 12.4. The van der Waals surface area contributed by atoms with E-state index in [9.17, 15) is 18.9 Å². The molecular formula is C6H15NNa4O6P2. The predicted molar refractivity (Wildman–Crippen MR) is 62.4 cm³/mol. The smallest absolute Gasteiger partial charge is 0.778 e. The summed E-state index contributed by atoms with van der Waals surface area (Å²) in [6, 6.07) is -0.737. The van der Waals surface area contributed by atoms with Gasteiger partial charge < -0.3 is 34.4 Å². The Morgan fingerprint density at radius 3 is 1.47 bits per heavy atom. The molecule has 13 heteroatoms. The minimum atomic E-state index is -5.15. The molecular weight excluding hydrogens is 336 g/mol. The maximum absolute atomic E-state index is 10.7. The van der Waals surface area contributed by atoms with Crippen LogP contribution in [0.2, 0.25) is 0 Å². The second-order valence-electron chi connectivity index (χ2n) is 3.75. The Morgan fingerprint density at radius 1 is 1.05 bits per heavy atom. The first-order valence-electron chi connectivity index (χ1n) is 4.28. The van der Waals surface area contributed by atoms with Crippen molar-refractivity contribution >= 4 is 74.3 Å². The van der Waals surface area contributed by atoms with E-state index in [-0.39, 0.29) is 124 Å². The van der Waals surface area contributed by atoms with Crippen molar-refractivity contribution < 1.29 is 87.8 Å². The molecule has 0 rings (SSSR count). The first-order valence-corrected chi connectivity index (χ1v) is 7.58. The number of rotatable bonds is 5. The molecule has 0 aromatic rings. The Kier molecular flexibility index (Phi) is 26.5. The maximum Gasteiger partial charge on any atom is 1.00 e. The molecule has 3 unspecified atom stereocenters. The Balaban J connectivity index is -0.000000163. The average molecular weight is 351 g/mol. The van der Waals surface area contributed by atoms with Crippen LogP contribution < -0.4 is 74.6 Å². The van der Waals surface area contributed by atoms with E-state index >= 15 is 0 Å². The molecule has 3 atom stereocenters. The average Bonchev–Trinajstić information content (AvgIpc) is 1.94. The molecule has 0 saturated carbocycles. The minimum Gasteiger partial charge on any atom is -0.778 e. The fraction of sp³-hybridized carbons (Fsp3) is 1.00. The molecule has 0 saturated heterocycles. The van der Waals surface area contributed by atoms with Crippen molar-refractivity contribution in [2.75, 3.05) is 0 Å². The standard InChI is InChI=1S/C6H17NO6P2.4Na/c1-4(2)5(7)3-6(14(8,9)10)15(11,12)13;;;;/h4-6H,3,7H2,1-2H3,(H2,8,9,10)(H2,11,12,13);;;;/q;;;2*+1/p-2. The van der Waals surface area contributed by atoms with Gasteiger partial charge in [0.25, 0.3) is 0 Å². The maximum atomic E-state index is 10.7. The van der Waals surface area contributed by atoms with Crippen LogP contribution in [-0.4, -0.2) is 80.3 Å². The summed E-state index contributed by atoms with van der Waals surface area (Å²) in [5.74, 6) is -0.161. The van der Waals surface area contributed by atoms with E-state index in [0.29, 0.717) is 0 Å². The summed E-state index contributed by atoms with van der Waals surface area (Å²) in [6.45, 7) is 3.34.